The fourth-order valence-corrected chi connectivity index (χ4v) is 2.45. The Bertz CT molecular complexity index is 846. The van der Waals surface area contributed by atoms with Crippen LogP contribution in [0, 0.1) is 0 Å². The molecule has 0 aliphatic rings. The maximum atomic E-state index is 9.80. The second-order valence-electron chi connectivity index (χ2n) is 4.41. The highest BCUT2D eigenvalue weighted by Crippen LogP contribution is 2.34. The predicted molar refractivity (Wildman–Crippen MR) is 83.2 cm³/mol. The normalized spacial score (nSPS) is 11.1. The van der Waals surface area contributed by atoms with E-state index in [4.69, 9.17) is 0 Å². The number of azo groups is 1. The molecule has 6 nitrogen and oxygen atoms in total. The molecule has 0 bridgehead atoms. The average molecular weight is 313 g/mol. The van der Waals surface area contributed by atoms with Crippen LogP contribution in [0.15, 0.2) is 58.1 Å². The number of nitrogens with zero attached hydrogens (tertiary/aromatic N) is 3. The van der Waals surface area contributed by atoms with Gasteiger partial charge in [0.2, 0.25) is 5.13 Å². The van der Waals surface area contributed by atoms with Gasteiger partial charge in [-0.1, -0.05) is 12.1 Å². The Balaban J connectivity index is 1.85. The molecule has 3 N–H and O–H groups in total. The number of phenols is 3. The lowest BCUT2D eigenvalue weighted by molar-refractivity contribution is 0.451. The second kappa shape index (κ2) is 5.82. The van der Waals surface area contributed by atoms with Gasteiger partial charge in [0, 0.05) is 17.0 Å². The summed E-state index contributed by atoms with van der Waals surface area (Å²) >= 11 is 1.27. The Morgan fingerprint density at radius 1 is 0.909 bits per heavy atom. The summed E-state index contributed by atoms with van der Waals surface area (Å²) in [6, 6.07) is 10.9. The SMILES string of the molecule is Oc1ccc(N=Nc2nc(-c3ccccc3O)cs2)c(O)c1. The number of phenolic OH excluding ortho intramolecular Hbond substituents is 3. The Hall–Kier alpha value is -2.93. The highest BCUT2D eigenvalue weighted by atomic mass is 32.1. The molecule has 0 amide bonds. The summed E-state index contributed by atoms with van der Waals surface area (Å²) in [6.07, 6.45) is 0. The van der Waals surface area contributed by atoms with E-state index in [0.29, 0.717) is 16.4 Å². The second-order valence-corrected chi connectivity index (χ2v) is 5.24. The van der Waals surface area contributed by atoms with Crippen LogP contribution in [-0.4, -0.2) is 20.3 Å². The van der Waals surface area contributed by atoms with Crippen molar-refractivity contribution in [3.8, 4) is 28.5 Å². The Morgan fingerprint density at radius 3 is 2.50 bits per heavy atom. The van der Waals surface area contributed by atoms with Gasteiger partial charge in [0.15, 0.2) is 0 Å². The molecule has 0 spiro atoms. The van der Waals surface area contributed by atoms with Crippen molar-refractivity contribution in [3.63, 3.8) is 0 Å². The Labute approximate surface area is 129 Å². The maximum absolute atomic E-state index is 9.80. The van der Waals surface area contributed by atoms with E-state index in [9.17, 15) is 15.3 Å². The molecule has 0 saturated heterocycles. The smallest absolute Gasteiger partial charge is 0.230 e. The van der Waals surface area contributed by atoms with E-state index in [1.807, 2.05) is 6.07 Å². The van der Waals surface area contributed by atoms with Crippen molar-refractivity contribution in [1.29, 1.82) is 0 Å². The molecule has 1 heterocycles. The topological polar surface area (TPSA) is 98.3 Å². The molecule has 0 saturated carbocycles. The van der Waals surface area contributed by atoms with Crippen molar-refractivity contribution in [2.75, 3.05) is 0 Å². The number of benzene rings is 2. The van der Waals surface area contributed by atoms with E-state index in [-0.39, 0.29) is 22.9 Å². The van der Waals surface area contributed by atoms with Crippen LogP contribution in [0.3, 0.4) is 0 Å². The molecule has 110 valence electrons. The van der Waals surface area contributed by atoms with Crippen molar-refractivity contribution >= 4 is 22.2 Å². The Kier molecular flexibility index (Phi) is 3.71. The standard InChI is InChI=1S/C15H11N3O3S/c19-9-5-6-11(14(21)7-9)17-18-15-16-12(8-22-15)10-3-1-2-4-13(10)20/h1-8,19-21H. The third-order valence-corrected chi connectivity index (χ3v) is 3.60. The maximum Gasteiger partial charge on any atom is 0.230 e. The summed E-state index contributed by atoms with van der Waals surface area (Å²) < 4.78 is 0. The van der Waals surface area contributed by atoms with Gasteiger partial charge in [-0.2, -0.15) is 0 Å². The lowest BCUT2D eigenvalue weighted by Crippen LogP contribution is -1.77. The van der Waals surface area contributed by atoms with Gasteiger partial charge in [0.05, 0.1) is 5.69 Å². The molecule has 2 aromatic carbocycles. The number of thiazole rings is 1. The van der Waals surface area contributed by atoms with Gasteiger partial charge in [-0.05, 0) is 24.3 Å². The van der Waals surface area contributed by atoms with E-state index in [2.05, 4.69) is 15.2 Å². The van der Waals surface area contributed by atoms with Crippen LogP contribution >= 0.6 is 11.3 Å². The van der Waals surface area contributed by atoms with Crippen molar-refractivity contribution in [2.45, 2.75) is 0 Å². The first-order valence-corrected chi connectivity index (χ1v) is 7.19. The summed E-state index contributed by atoms with van der Waals surface area (Å²) in [5, 5.41) is 38.6. The third kappa shape index (κ3) is 2.89. The average Bonchev–Trinajstić information content (AvgIpc) is 2.95. The van der Waals surface area contributed by atoms with Crippen molar-refractivity contribution in [1.82, 2.24) is 4.98 Å². The van der Waals surface area contributed by atoms with Crippen molar-refractivity contribution in [2.24, 2.45) is 10.2 Å². The summed E-state index contributed by atoms with van der Waals surface area (Å²) in [5.74, 6) is -0.0683. The summed E-state index contributed by atoms with van der Waals surface area (Å²) in [5.41, 5.74) is 1.46. The molecule has 0 aliphatic carbocycles. The van der Waals surface area contributed by atoms with E-state index in [1.165, 1.54) is 29.5 Å². The molecule has 3 aromatic rings. The van der Waals surface area contributed by atoms with Gasteiger partial charge >= 0.3 is 0 Å². The fourth-order valence-electron chi connectivity index (χ4n) is 1.82. The zero-order valence-electron chi connectivity index (χ0n) is 11.2. The number of aromatic nitrogens is 1. The monoisotopic (exact) mass is 313 g/mol. The lowest BCUT2D eigenvalue weighted by Gasteiger charge is -1.98. The highest BCUT2D eigenvalue weighted by molar-refractivity contribution is 7.13. The first kappa shape index (κ1) is 14.0. The molecule has 1 aromatic heterocycles. The molecular formula is C15H11N3O3S. The van der Waals surface area contributed by atoms with Crippen LogP contribution in [0.1, 0.15) is 0 Å². The molecule has 3 rings (SSSR count). The highest BCUT2D eigenvalue weighted by Gasteiger charge is 2.08. The molecule has 0 atom stereocenters. The van der Waals surface area contributed by atoms with E-state index >= 15 is 0 Å². The Morgan fingerprint density at radius 2 is 1.73 bits per heavy atom. The van der Waals surface area contributed by atoms with Crippen LogP contribution in [-0.2, 0) is 0 Å². The predicted octanol–water partition coefficient (Wildman–Crippen LogP) is 4.34. The van der Waals surface area contributed by atoms with E-state index in [1.54, 1.807) is 23.6 Å². The molecule has 0 fully saturated rings. The fraction of sp³-hybridized carbons (Fsp3) is 0. The van der Waals surface area contributed by atoms with Gasteiger partial charge in [0.25, 0.3) is 0 Å². The van der Waals surface area contributed by atoms with Gasteiger partial charge < -0.3 is 15.3 Å². The van der Waals surface area contributed by atoms with Crippen LogP contribution in [0.5, 0.6) is 17.2 Å². The molecular weight excluding hydrogens is 302 g/mol. The minimum atomic E-state index is -0.166. The van der Waals surface area contributed by atoms with Crippen LogP contribution < -0.4 is 0 Å². The number of hydrogen-bond acceptors (Lipinski definition) is 7. The summed E-state index contributed by atoms with van der Waals surface area (Å²) in [4.78, 5) is 4.27. The number of aromatic hydroxyl groups is 3. The number of rotatable bonds is 3. The molecule has 0 unspecified atom stereocenters. The molecule has 0 radical (unpaired) electrons. The van der Waals surface area contributed by atoms with Gasteiger partial charge in [-0.15, -0.1) is 21.6 Å². The number of para-hydroxylation sites is 1. The summed E-state index contributed by atoms with van der Waals surface area (Å²) in [6.45, 7) is 0. The van der Waals surface area contributed by atoms with Gasteiger partial charge in [0.1, 0.15) is 22.9 Å². The van der Waals surface area contributed by atoms with Crippen LogP contribution in [0.25, 0.3) is 11.3 Å². The first-order chi connectivity index (χ1) is 10.6. The van der Waals surface area contributed by atoms with Crippen molar-refractivity contribution in [3.05, 3.63) is 47.8 Å². The quantitative estimate of drug-likeness (QED) is 0.626. The molecule has 0 aliphatic heterocycles. The molecule has 22 heavy (non-hydrogen) atoms. The zero-order chi connectivity index (χ0) is 15.5. The minimum absolute atomic E-state index is 0.0486. The van der Waals surface area contributed by atoms with Crippen LogP contribution in [0.4, 0.5) is 10.8 Å². The van der Waals surface area contributed by atoms with Gasteiger partial charge in [-0.25, -0.2) is 4.98 Å². The van der Waals surface area contributed by atoms with Crippen molar-refractivity contribution < 1.29 is 15.3 Å². The number of hydrogen-bond donors (Lipinski definition) is 3. The third-order valence-electron chi connectivity index (χ3n) is 2.87. The lowest BCUT2D eigenvalue weighted by atomic mass is 10.1. The molecule has 7 heteroatoms. The zero-order valence-corrected chi connectivity index (χ0v) is 12.0. The van der Waals surface area contributed by atoms with E-state index in [0.717, 1.165) is 0 Å². The first-order valence-electron chi connectivity index (χ1n) is 6.31. The van der Waals surface area contributed by atoms with Crippen LogP contribution in [0.2, 0.25) is 0 Å². The largest absolute Gasteiger partial charge is 0.508 e. The minimum Gasteiger partial charge on any atom is -0.508 e. The van der Waals surface area contributed by atoms with E-state index < -0.39 is 0 Å². The summed E-state index contributed by atoms with van der Waals surface area (Å²) in [7, 11) is 0. The van der Waals surface area contributed by atoms with Gasteiger partial charge in [-0.3, -0.25) is 0 Å².